The maximum atomic E-state index is 4.68. The molecule has 6 nitrogen and oxygen atoms in total. The summed E-state index contributed by atoms with van der Waals surface area (Å²) in [6, 6.07) is 4.01. The van der Waals surface area contributed by atoms with Crippen molar-refractivity contribution in [1.29, 1.82) is 0 Å². The van der Waals surface area contributed by atoms with Crippen LogP contribution in [0.4, 0.5) is 0 Å². The average Bonchev–Trinajstić information content (AvgIpc) is 3.16. The lowest BCUT2D eigenvalue weighted by atomic mass is 10.1. The SMILES string of the molecule is Cc1ccnc([C@@H]2CCN(Cc3cnn4c(C)cc(C)nc34)C2)n1. The average molecular weight is 322 g/mol. The van der Waals surface area contributed by atoms with Gasteiger partial charge < -0.3 is 0 Å². The van der Waals surface area contributed by atoms with Gasteiger partial charge in [0.1, 0.15) is 5.82 Å². The molecule has 1 aliphatic heterocycles. The second kappa shape index (κ2) is 5.94. The molecule has 0 bridgehead atoms. The lowest BCUT2D eigenvalue weighted by Gasteiger charge is -2.15. The molecule has 124 valence electrons. The van der Waals surface area contributed by atoms with Crippen LogP contribution in [0.25, 0.3) is 5.65 Å². The predicted octanol–water partition coefficient (Wildman–Crippen LogP) is 2.43. The van der Waals surface area contributed by atoms with E-state index in [1.807, 2.05) is 36.8 Å². The minimum Gasteiger partial charge on any atom is -0.298 e. The first-order valence-corrected chi connectivity index (χ1v) is 8.43. The first kappa shape index (κ1) is 15.2. The Kier molecular flexibility index (Phi) is 3.76. The number of aryl methyl sites for hydroxylation is 3. The van der Waals surface area contributed by atoms with Crippen molar-refractivity contribution in [1.82, 2.24) is 29.5 Å². The van der Waals surface area contributed by atoms with Crippen LogP contribution >= 0.6 is 0 Å². The van der Waals surface area contributed by atoms with E-state index in [1.54, 1.807) is 0 Å². The molecule has 1 aliphatic rings. The van der Waals surface area contributed by atoms with Crippen LogP contribution in [0.3, 0.4) is 0 Å². The van der Waals surface area contributed by atoms with E-state index in [4.69, 9.17) is 0 Å². The Bertz CT molecular complexity index is 884. The Balaban J connectivity index is 1.53. The first-order valence-electron chi connectivity index (χ1n) is 8.43. The molecular weight excluding hydrogens is 300 g/mol. The fourth-order valence-electron chi connectivity index (χ4n) is 3.52. The molecule has 1 fully saturated rings. The van der Waals surface area contributed by atoms with Crippen molar-refractivity contribution in [3.8, 4) is 0 Å². The Hall–Kier alpha value is -2.34. The summed E-state index contributed by atoms with van der Waals surface area (Å²) in [4.78, 5) is 16.2. The van der Waals surface area contributed by atoms with E-state index < -0.39 is 0 Å². The van der Waals surface area contributed by atoms with Gasteiger partial charge in [-0.3, -0.25) is 4.90 Å². The summed E-state index contributed by atoms with van der Waals surface area (Å²) >= 11 is 0. The third-order valence-electron chi connectivity index (χ3n) is 4.70. The van der Waals surface area contributed by atoms with E-state index >= 15 is 0 Å². The van der Waals surface area contributed by atoms with Gasteiger partial charge in [0.25, 0.3) is 0 Å². The zero-order valence-electron chi connectivity index (χ0n) is 14.4. The van der Waals surface area contributed by atoms with Crippen LogP contribution in [0.1, 0.15) is 40.8 Å². The Labute approximate surface area is 141 Å². The number of nitrogens with zero attached hydrogens (tertiary/aromatic N) is 6. The Morgan fingerprint density at radius 3 is 2.88 bits per heavy atom. The molecule has 0 aromatic carbocycles. The Morgan fingerprint density at radius 2 is 2.04 bits per heavy atom. The number of hydrogen-bond donors (Lipinski definition) is 0. The van der Waals surface area contributed by atoms with Gasteiger partial charge in [-0.1, -0.05) is 0 Å². The molecule has 0 spiro atoms. The first-order chi connectivity index (χ1) is 11.6. The second-order valence-electron chi connectivity index (χ2n) is 6.72. The highest BCUT2D eigenvalue weighted by molar-refractivity contribution is 5.47. The highest BCUT2D eigenvalue weighted by atomic mass is 15.3. The third kappa shape index (κ3) is 2.78. The summed E-state index contributed by atoms with van der Waals surface area (Å²) in [6.45, 7) is 9.05. The van der Waals surface area contributed by atoms with Gasteiger partial charge in [0.05, 0.1) is 6.20 Å². The molecule has 4 heterocycles. The summed E-state index contributed by atoms with van der Waals surface area (Å²) < 4.78 is 1.93. The smallest absolute Gasteiger partial charge is 0.159 e. The minimum absolute atomic E-state index is 0.420. The molecular formula is C18H22N6. The number of rotatable bonds is 3. The van der Waals surface area contributed by atoms with E-state index in [0.717, 1.165) is 54.6 Å². The van der Waals surface area contributed by atoms with Crippen LogP contribution < -0.4 is 0 Å². The van der Waals surface area contributed by atoms with E-state index in [1.165, 1.54) is 5.56 Å². The van der Waals surface area contributed by atoms with Gasteiger partial charge in [-0.25, -0.2) is 19.5 Å². The van der Waals surface area contributed by atoms with Gasteiger partial charge in [0.2, 0.25) is 0 Å². The molecule has 0 radical (unpaired) electrons. The van der Waals surface area contributed by atoms with Crippen molar-refractivity contribution < 1.29 is 0 Å². The summed E-state index contributed by atoms with van der Waals surface area (Å²) in [5, 5.41) is 4.49. The van der Waals surface area contributed by atoms with E-state index in [2.05, 4.69) is 37.9 Å². The minimum atomic E-state index is 0.420. The van der Waals surface area contributed by atoms with Crippen LogP contribution in [0.15, 0.2) is 24.5 Å². The summed E-state index contributed by atoms with van der Waals surface area (Å²) in [6.07, 6.45) is 4.92. The van der Waals surface area contributed by atoms with E-state index in [9.17, 15) is 0 Å². The third-order valence-corrected chi connectivity index (χ3v) is 4.70. The lowest BCUT2D eigenvalue weighted by Crippen LogP contribution is -2.20. The van der Waals surface area contributed by atoms with Crippen LogP contribution in [0.2, 0.25) is 0 Å². The molecule has 0 saturated carbocycles. The van der Waals surface area contributed by atoms with Crippen LogP contribution in [-0.2, 0) is 6.54 Å². The zero-order valence-corrected chi connectivity index (χ0v) is 14.4. The van der Waals surface area contributed by atoms with E-state index in [-0.39, 0.29) is 0 Å². The second-order valence-corrected chi connectivity index (χ2v) is 6.72. The van der Waals surface area contributed by atoms with Crippen molar-refractivity contribution in [3.63, 3.8) is 0 Å². The van der Waals surface area contributed by atoms with Gasteiger partial charge in [0.15, 0.2) is 5.65 Å². The van der Waals surface area contributed by atoms with Crippen molar-refractivity contribution in [2.24, 2.45) is 0 Å². The largest absolute Gasteiger partial charge is 0.298 e. The number of likely N-dealkylation sites (tertiary alicyclic amines) is 1. The monoisotopic (exact) mass is 322 g/mol. The van der Waals surface area contributed by atoms with Crippen molar-refractivity contribution in [2.75, 3.05) is 13.1 Å². The van der Waals surface area contributed by atoms with Crippen molar-refractivity contribution >= 4 is 5.65 Å². The fraction of sp³-hybridized carbons (Fsp3) is 0.444. The van der Waals surface area contributed by atoms with Gasteiger partial charge in [-0.15, -0.1) is 0 Å². The van der Waals surface area contributed by atoms with Crippen LogP contribution in [-0.4, -0.2) is 42.6 Å². The number of fused-ring (bicyclic) bond motifs is 1. The highest BCUT2D eigenvalue weighted by Gasteiger charge is 2.26. The molecule has 0 unspecified atom stereocenters. The molecule has 24 heavy (non-hydrogen) atoms. The van der Waals surface area contributed by atoms with E-state index in [0.29, 0.717) is 5.92 Å². The molecule has 1 atom stereocenters. The summed E-state index contributed by atoms with van der Waals surface area (Å²) in [5.74, 6) is 1.39. The molecule has 0 aliphatic carbocycles. The molecule has 0 N–H and O–H groups in total. The topological polar surface area (TPSA) is 59.2 Å². The molecule has 3 aromatic heterocycles. The molecule has 1 saturated heterocycles. The number of aromatic nitrogens is 5. The molecule has 3 aromatic rings. The molecule has 0 amide bonds. The summed E-state index contributed by atoms with van der Waals surface area (Å²) in [5.41, 5.74) is 5.36. The Morgan fingerprint density at radius 1 is 1.17 bits per heavy atom. The predicted molar refractivity (Wildman–Crippen MR) is 91.9 cm³/mol. The fourth-order valence-corrected chi connectivity index (χ4v) is 3.52. The van der Waals surface area contributed by atoms with Crippen LogP contribution in [0.5, 0.6) is 0 Å². The van der Waals surface area contributed by atoms with Crippen molar-refractivity contribution in [3.05, 3.63) is 53.0 Å². The number of hydrogen-bond acceptors (Lipinski definition) is 5. The van der Waals surface area contributed by atoms with Crippen molar-refractivity contribution in [2.45, 2.75) is 39.7 Å². The highest BCUT2D eigenvalue weighted by Crippen LogP contribution is 2.26. The van der Waals surface area contributed by atoms with Gasteiger partial charge in [-0.2, -0.15) is 5.10 Å². The standard InChI is InChI=1S/C18H22N6/c1-12-4-6-19-17(21-12)15-5-7-23(10-15)11-16-9-20-24-14(3)8-13(2)22-18(16)24/h4,6,8-9,15H,5,7,10-11H2,1-3H3/t15-/m1/s1. The summed E-state index contributed by atoms with van der Waals surface area (Å²) in [7, 11) is 0. The maximum absolute atomic E-state index is 4.68. The maximum Gasteiger partial charge on any atom is 0.159 e. The van der Waals surface area contributed by atoms with Crippen LogP contribution in [0, 0.1) is 20.8 Å². The lowest BCUT2D eigenvalue weighted by molar-refractivity contribution is 0.326. The van der Waals surface area contributed by atoms with Gasteiger partial charge >= 0.3 is 0 Å². The van der Waals surface area contributed by atoms with Gasteiger partial charge in [-0.05, 0) is 45.9 Å². The van der Waals surface area contributed by atoms with Gasteiger partial charge in [0, 0.05) is 47.8 Å². The normalized spacial score (nSPS) is 18.5. The quantitative estimate of drug-likeness (QED) is 0.741. The molecule has 6 heteroatoms. The zero-order chi connectivity index (χ0) is 16.7. The molecule has 4 rings (SSSR count).